The molecule has 1 saturated heterocycles. The summed E-state index contributed by atoms with van der Waals surface area (Å²) in [5, 5.41) is 27.2. The number of nitrogens with zero attached hydrogens (tertiary/aromatic N) is 3. The zero-order valence-corrected chi connectivity index (χ0v) is 32.2. The molecule has 0 unspecified atom stereocenters. The van der Waals surface area contributed by atoms with Crippen molar-refractivity contribution < 1.29 is 37.2 Å². The predicted octanol–water partition coefficient (Wildman–Crippen LogP) is 5.88. The number of aromatic nitrogens is 2. The molecule has 0 aliphatic carbocycles. The van der Waals surface area contributed by atoms with Gasteiger partial charge in [0.2, 0.25) is 0 Å². The maximum Gasteiger partial charge on any atom is 0.471 e. The number of ether oxygens (including phenoxy) is 1. The first kappa shape index (κ1) is 40.9. The maximum absolute atomic E-state index is 13.3. The fourth-order valence-electron chi connectivity index (χ4n) is 5.14. The Morgan fingerprint density at radius 1 is 1.16 bits per heavy atom. The van der Waals surface area contributed by atoms with Crippen LogP contribution in [0.25, 0.3) is 0 Å². The lowest BCUT2D eigenvalue weighted by molar-refractivity contribution is -0.385. The molecule has 1 aliphatic rings. The van der Waals surface area contributed by atoms with Gasteiger partial charge in [-0.2, -0.15) is 18.2 Å². The number of carbonyl (C=O) groups excluding carboxylic acids is 1. The summed E-state index contributed by atoms with van der Waals surface area (Å²) in [5.74, 6) is 2.83. The molecule has 12 nitrogen and oxygen atoms in total. The molecule has 3 rings (SSSR count). The number of aliphatic hydroxyl groups is 1. The molecule has 1 aromatic carbocycles. The molecular weight excluding hydrogens is 692 g/mol. The third kappa shape index (κ3) is 9.01. The lowest BCUT2D eigenvalue weighted by Gasteiger charge is -2.49. The van der Waals surface area contributed by atoms with Crippen molar-refractivity contribution in [1.29, 1.82) is 0 Å². The molecule has 2 heterocycles. The first-order chi connectivity index (χ1) is 22.7. The molecule has 1 aliphatic heterocycles. The van der Waals surface area contributed by atoms with Gasteiger partial charge in [0, 0.05) is 36.4 Å². The van der Waals surface area contributed by atoms with Crippen LogP contribution in [0, 0.1) is 22.0 Å². The number of nitrogens with one attached hydrogen (secondary N) is 2. The molecule has 0 bridgehead atoms. The minimum absolute atomic E-state index is 0.0526. The zero-order chi connectivity index (χ0) is 38.1. The number of benzene rings is 1. The van der Waals surface area contributed by atoms with Crippen molar-refractivity contribution in [1.82, 2.24) is 14.9 Å². The van der Waals surface area contributed by atoms with Crippen LogP contribution in [-0.2, 0) is 20.5 Å². The summed E-state index contributed by atoms with van der Waals surface area (Å²) in [4.78, 5) is 39.5. The number of hydrogen-bond acceptors (Lipinski definition) is 9. The van der Waals surface area contributed by atoms with Gasteiger partial charge in [-0.05, 0) is 41.4 Å². The highest BCUT2D eigenvalue weighted by molar-refractivity contribution is 6.83. The smallest absolute Gasteiger partial charge is 0.414 e. The first-order valence-electron chi connectivity index (χ1n) is 16.2. The average Bonchev–Trinajstić information content (AvgIpc) is 3.33. The van der Waals surface area contributed by atoms with Crippen molar-refractivity contribution >= 4 is 33.8 Å². The van der Waals surface area contributed by atoms with E-state index < -0.39 is 63.2 Å². The quantitative estimate of drug-likeness (QED) is 0.117. The topological polar surface area (TPSA) is 158 Å². The molecule has 0 spiro atoms. The van der Waals surface area contributed by atoms with Crippen molar-refractivity contribution in [3.05, 3.63) is 62.2 Å². The highest BCUT2D eigenvalue weighted by atomic mass is 28.4. The minimum Gasteiger partial charge on any atom is -0.414 e. The molecule has 1 aromatic heterocycles. The summed E-state index contributed by atoms with van der Waals surface area (Å²) >= 11 is 0. The molecule has 1 amide bonds. The van der Waals surface area contributed by atoms with Crippen molar-refractivity contribution in [3.63, 3.8) is 0 Å². The Kier molecular flexibility index (Phi) is 11.9. The number of nitro groups is 1. The summed E-state index contributed by atoms with van der Waals surface area (Å²) in [6.45, 7) is 20.8. The van der Waals surface area contributed by atoms with Gasteiger partial charge in [0.1, 0.15) is 18.1 Å². The number of carbonyl (C=O) groups is 1. The molecule has 276 valence electrons. The third-order valence-corrected chi connectivity index (χ3v) is 21.3. The number of rotatable bonds is 10. The van der Waals surface area contributed by atoms with Crippen molar-refractivity contribution in [2.75, 3.05) is 18.5 Å². The van der Waals surface area contributed by atoms with Crippen molar-refractivity contribution in [3.8, 4) is 11.8 Å². The van der Waals surface area contributed by atoms with Gasteiger partial charge in [-0.1, -0.05) is 66.5 Å². The summed E-state index contributed by atoms with van der Waals surface area (Å²) in [6.07, 6.45) is -4.82. The van der Waals surface area contributed by atoms with Gasteiger partial charge in [-0.25, -0.2) is 4.79 Å². The molecule has 0 radical (unpaired) electrons. The Morgan fingerprint density at radius 3 is 2.34 bits per heavy atom. The van der Waals surface area contributed by atoms with E-state index in [1.807, 2.05) is 0 Å². The monoisotopic (exact) mass is 739 g/mol. The number of hydrogen-bond donors (Lipinski definition) is 3. The predicted molar refractivity (Wildman–Crippen MR) is 189 cm³/mol. The molecule has 1 fully saturated rings. The van der Waals surface area contributed by atoms with Gasteiger partial charge in [-0.3, -0.25) is 19.5 Å². The fourth-order valence-corrected chi connectivity index (χ4v) is 9.09. The Labute approximate surface area is 292 Å². The second-order valence-corrected chi connectivity index (χ2v) is 26.0. The number of halogens is 3. The highest BCUT2D eigenvalue weighted by Crippen LogP contribution is 2.51. The standard InChI is InChI=1S/C33H48F3N5O7Si2/c1-30(2,3)49(7,8)32(44)19-27(48-25(32)21-47-50(9,10)31(4,5)6)40-17-15-26(39-29(40)43)38-20-23-14-13-22(18-24(23)41(45)46)12-11-16-37-28(42)33(34,35)36/h13-15,17-18,25,27,44H,16,19-21H2,1-10H3,(H,37,42)(H,38,39,43)/t25-,27-,32-/m1/s1. The molecule has 0 saturated carbocycles. The normalized spacial score (nSPS) is 20.2. The van der Waals surface area contributed by atoms with Crippen molar-refractivity contribution in [2.45, 2.75) is 115 Å². The third-order valence-electron chi connectivity index (χ3n) is 10.4. The SMILES string of the molecule is CC(C)(C)[Si](C)(C)OC[C@H]1O[C@@H](n2ccc(NCc3ccc(C#CCNC(=O)C(F)(F)F)cc3[N+](=O)[O-])nc2=O)C[C@@]1(O)[Si](C)(C)C(C)(C)C. The maximum atomic E-state index is 13.3. The van der Waals surface area contributed by atoms with E-state index in [9.17, 15) is 38.0 Å². The molecule has 3 N–H and O–H groups in total. The van der Waals surface area contributed by atoms with E-state index in [1.54, 1.807) is 5.32 Å². The Morgan fingerprint density at radius 2 is 1.80 bits per heavy atom. The number of amides is 1. The van der Waals surface area contributed by atoms with Crippen LogP contribution in [0.2, 0.25) is 36.3 Å². The van der Waals surface area contributed by atoms with E-state index >= 15 is 0 Å². The van der Waals surface area contributed by atoms with Gasteiger partial charge in [0.15, 0.2) is 8.32 Å². The van der Waals surface area contributed by atoms with Crippen LogP contribution in [0.15, 0.2) is 35.3 Å². The molecule has 17 heteroatoms. The van der Waals surface area contributed by atoms with Gasteiger partial charge in [-0.15, -0.1) is 0 Å². The van der Waals surface area contributed by atoms with Crippen LogP contribution >= 0.6 is 0 Å². The summed E-state index contributed by atoms with van der Waals surface area (Å²) in [7, 11) is -4.69. The van der Waals surface area contributed by atoms with Crippen LogP contribution in [0.4, 0.5) is 24.7 Å². The van der Waals surface area contributed by atoms with E-state index in [4.69, 9.17) is 9.16 Å². The first-order valence-corrected chi connectivity index (χ1v) is 22.1. The van der Waals surface area contributed by atoms with E-state index in [0.29, 0.717) is 0 Å². The van der Waals surface area contributed by atoms with E-state index in [2.05, 4.69) is 89.9 Å². The zero-order valence-electron chi connectivity index (χ0n) is 30.2. The Bertz CT molecular complexity index is 1710. The van der Waals surface area contributed by atoms with Gasteiger partial charge in [0.05, 0.1) is 31.4 Å². The van der Waals surface area contributed by atoms with Crippen LogP contribution in [-0.4, -0.2) is 72.5 Å². The van der Waals surface area contributed by atoms with Crippen LogP contribution in [0.5, 0.6) is 0 Å². The van der Waals surface area contributed by atoms with Gasteiger partial charge >= 0.3 is 17.8 Å². The lowest BCUT2D eigenvalue weighted by atomic mass is 10.1. The largest absolute Gasteiger partial charge is 0.471 e. The second-order valence-electron chi connectivity index (χ2n) is 15.6. The molecule has 2 aromatic rings. The van der Waals surface area contributed by atoms with E-state index in [1.165, 1.54) is 29.0 Å². The highest BCUT2D eigenvalue weighted by Gasteiger charge is 2.62. The average molecular weight is 740 g/mol. The van der Waals surface area contributed by atoms with E-state index in [-0.39, 0.29) is 52.3 Å². The lowest BCUT2D eigenvalue weighted by Crippen LogP contribution is -2.65. The van der Waals surface area contributed by atoms with Gasteiger partial charge in [0.25, 0.3) is 5.69 Å². The molecule has 50 heavy (non-hydrogen) atoms. The minimum atomic E-state index is -5.04. The fraction of sp³-hybridized carbons (Fsp3) is 0.606. The molecule has 3 atom stereocenters. The van der Waals surface area contributed by atoms with Crippen molar-refractivity contribution in [2.24, 2.45) is 0 Å². The second kappa shape index (κ2) is 14.6. The van der Waals surface area contributed by atoms with Crippen LogP contribution in [0.1, 0.15) is 65.3 Å². The number of anilines is 1. The summed E-state index contributed by atoms with van der Waals surface area (Å²) in [5.41, 5.74) is -0.557. The Balaban J connectivity index is 1.80. The number of alkyl halides is 3. The van der Waals surface area contributed by atoms with Crippen LogP contribution < -0.4 is 16.3 Å². The van der Waals surface area contributed by atoms with E-state index in [0.717, 1.165) is 6.07 Å². The summed E-state index contributed by atoms with van der Waals surface area (Å²) in [6, 6.07) is 5.56. The van der Waals surface area contributed by atoms with Crippen LogP contribution in [0.3, 0.4) is 0 Å². The molecular formula is C33H48F3N5O7Si2. The Hall–Kier alpha value is -3.57. The summed E-state index contributed by atoms with van der Waals surface area (Å²) < 4.78 is 51.3. The number of nitro benzene ring substituents is 1. The van der Waals surface area contributed by atoms with Gasteiger partial charge < -0.3 is 24.9 Å².